The highest BCUT2D eigenvalue weighted by molar-refractivity contribution is 6.31. The van der Waals surface area contributed by atoms with Crippen molar-refractivity contribution in [3.8, 4) is 11.3 Å². The molecule has 0 fully saturated rings. The summed E-state index contributed by atoms with van der Waals surface area (Å²) in [4.78, 5) is 0. The second-order valence-corrected chi connectivity index (χ2v) is 3.94. The van der Waals surface area contributed by atoms with E-state index >= 15 is 0 Å². The second-order valence-electron chi connectivity index (χ2n) is 3.07. The molecule has 2 rings (SSSR count). The first-order chi connectivity index (χ1) is 7.56. The topological polar surface area (TPSA) is 53.9 Å². The molecule has 0 spiro atoms. The first-order valence-electron chi connectivity index (χ1n) is 4.27. The van der Waals surface area contributed by atoms with Gasteiger partial charge in [-0.15, -0.1) is 0 Å². The highest BCUT2D eigenvalue weighted by atomic mass is 35.5. The van der Waals surface area contributed by atoms with Crippen LogP contribution in [0.3, 0.4) is 0 Å². The Labute approximate surface area is 101 Å². The number of hydrogen-bond acceptors (Lipinski definition) is 2. The standard InChI is InChI=1S/C10H5Cl2N2O2/c11-8-1-2-14(16)10(4-8)7-3-9(12)6-13(15)5-7/h1-4,6H. The van der Waals surface area contributed by atoms with Gasteiger partial charge in [-0.05, 0) is 6.07 Å². The van der Waals surface area contributed by atoms with E-state index in [2.05, 4.69) is 6.20 Å². The van der Waals surface area contributed by atoms with Crippen LogP contribution in [0.1, 0.15) is 0 Å². The van der Waals surface area contributed by atoms with Crippen molar-refractivity contribution in [2.75, 3.05) is 0 Å². The van der Waals surface area contributed by atoms with Crippen LogP contribution in [0, 0.1) is 16.6 Å². The van der Waals surface area contributed by atoms with Crippen molar-refractivity contribution >= 4 is 23.2 Å². The molecule has 0 aliphatic rings. The first kappa shape index (κ1) is 11.0. The third-order valence-corrected chi connectivity index (χ3v) is 2.35. The summed E-state index contributed by atoms with van der Waals surface area (Å²) in [6.45, 7) is 0. The van der Waals surface area contributed by atoms with E-state index in [0.29, 0.717) is 20.0 Å². The van der Waals surface area contributed by atoms with Crippen LogP contribution in [-0.2, 0) is 0 Å². The monoisotopic (exact) mass is 255 g/mol. The minimum atomic E-state index is 0.222. The van der Waals surface area contributed by atoms with E-state index in [1.807, 2.05) is 0 Å². The summed E-state index contributed by atoms with van der Waals surface area (Å²) < 4.78 is 1.01. The van der Waals surface area contributed by atoms with Crippen LogP contribution in [-0.4, -0.2) is 0 Å². The highest BCUT2D eigenvalue weighted by Gasteiger charge is 2.15. The number of rotatable bonds is 1. The molecule has 0 amide bonds. The predicted octanol–water partition coefficient (Wildman–Crippen LogP) is 1.73. The second kappa shape index (κ2) is 4.15. The molecule has 2 heterocycles. The summed E-state index contributed by atoms with van der Waals surface area (Å²) in [6.07, 6.45) is 4.82. The zero-order valence-corrected chi connectivity index (χ0v) is 9.37. The van der Waals surface area contributed by atoms with Crippen LogP contribution < -0.4 is 9.46 Å². The van der Waals surface area contributed by atoms with Gasteiger partial charge in [0.25, 0.3) is 0 Å². The molecular formula is C10H5Cl2N2O2. The van der Waals surface area contributed by atoms with Gasteiger partial charge in [-0.2, -0.15) is 9.46 Å². The van der Waals surface area contributed by atoms with E-state index in [4.69, 9.17) is 23.2 Å². The lowest BCUT2D eigenvalue weighted by molar-refractivity contribution is -0.612. The predicted molar refractivity (Wildman–Crippen MR) is 58.7 cm³/mol. The normalized spacial score (nSPS) is 10.4. The molecule has 0 aliphatic carbocycles. The van der Waals surface area contributed by atoms with Gasteiger partial charge in [0, 0.05) is 12.1 Å². The molecule has 0 atom stereocenters. The summed E-state index contributed by atoms with van der Waals surface area (Å²) in [5.41, 5.74) is 0.514. The zero-order valence-electron chi connectivity index (χ0n) is 7.85. The fraction of sp³-hybridized carbons (Fsp3) is 0. The quantitative estimate of drug-likeness (QED) is 0.576. The molecule has 0 saturated carbocycles. The third kappa shape index (κ3) is 2.18. The molecule has 2 aromatic heterocycles. The maximum atomic E-state index is 11.5. The molecule has 0 bridgehead atoms. The molecule has 0 N–H and O–H groups in total. The largest absolute Gasteiger partial charge is 0.618 e. The molecule has 2 aromatic rings. The molecule has 81 valence electrons. The van der Waals surface area contributed by atoms with Crippen molar-refractivity contribution in [2.24, 2.45) is 0 Å². The molecule has 0 aliphatic heterocycles. The molecule has 0 unspecified atom stereocenters. The van der Waals surface area contributed by atoms with Crippen LogP contribution in [0.5, 0.6) is 0 Å². The van der Waals surface area contributed by atoms with E-state index < -0.39 is 0 Å². The minimum absolute atomic E-state index is 0.222. The molecule has 6 heteroatoms. The van der Waals surface area contributed by atoms with Crippen molar-refractivity contribution in [1.82, 2.24) is 0 Å². The Hall–Kier alpha value is -1.52. The van der Waals surface area contributed by atoms with Gasteiger partial charge in [0.15, 0.2) is 12.4 Å². The van der Waals surface area contributed by atoms with Gasteiger partial charge >= 0.3 is 6.20 Å². The van der Waals surface area contributed by atoms with Crippen molar-refractivity contribution in [3.63, 3.8) is 0 Å². The number of aromatic nitrogens is 2. The van der Waals surface area contributed by atoms with Crippen LogP contribution in [0.2, 0.25) is 10.0 Å². The molecule has 4 nitrogen and oxygen atoms in total. The summed E-state index contributed by atoms with van der Waals surface area (Å²) in [5.74, 6) is 0. The maximum Gasteiger partial charge on any atom is 0.305 e. The molecule has 0 saturated heterocycles. The Morgan fingerprint density at radius 2 is 1.88 bits per heavy atom. The maximum absolute atomic E-state index is 11.5. The third-order valence-electron chi connectivity index (χ3n) is 1.91. The SMILES string of the molecule is [O-][n+]1[c]c(-c2cc(Cl)cc[n+]2[O-])cc(Cl)c1. The van der Waals surface area contributed by atoms with E-state index in [1.54, 1.807) is 0 Å². The van der Waals surface area contributed by atoms with Gasteiger partial charge < -0.3 is 10.4 Å². The summed E-state index contributed by atoms with van der Waals surface area (Å²) >= 11 is 11.5. The fourth-order valence-corrected chi connectivity index (χ4v) is 1.62. The lowest BCUT2D eigenvalue weighted by Gasteiger charge is -2.04. The Morgan fingerprint density at radius 1 is 1.12 bits per heavy atom. The Bertz CT molecular complexity index is 526. The van der Waals surface area contributed by atoms with Crippen molar-refractivity contribution in [3.05, 3.63) is 57.2 Å². The van der Waals surface area contributed by atoms with Crippen LogP contribution in [0.4, 0.5) is 0 Å². The number of hydrogen-bond donors (Lipinski definition) is 0. The first-order valence-corrected chi connectivity index (χ1v) is 5.03. The van der Waals surface area contributed by atoms with Gasteiger partial charge in [-0.1, -0.05) is 23.2 Å². The van der Waals surface area contributed by atoms with E-state index in [-0.39, 0.29) is 10.7 Å². The molecule has 0 aromatic carbocycles. The van der Waals surface area contributed by atoms with Crippen molar-refractivity contribution in [1.29, 1.82) is 0 Å². The fourth-order valence-electron chi connectivity index (χ4n) is 1.26. The summed E-state index contributed by atoms with van der Waals surface area (Å²) in [7, 11) is 0. The average molecular weight is 256 g/mol. The number of nitrogens with zero attached hydrogens (tertiary/aromatic N) is 2. The Morgan fingerprint density at radius 3 is 2.56 bits per heavy atom. The van der Waals surface area contributed by atoms with Gasteiger partial charge in [0.1, 0.15) is 10.6 Å². The smallest absolute Gasteiger partial charge is 0.305 e. The number of halogens is 2. The lowest BCUT2D eigenvalue weighted by atomic mass is 10.2. The van der Waals surface area contributed by atoms with E-state index in [9.17, 15) is 10.4 Å². The zero-order chi connectivity index (χ0) is 11.7. The molecule has 1 radical (unpaired) electrons. The van der Waals surface area contributed by atoms with Gasteiger partial charge in [0.05, 0.1) is 5.02 Å². The summed E-state index contributed by atoms with van der Waals surface area (Å²) in [5, 5.41) is 23.2. The highest BCUT2D eigenvalue weighted by Crippen LogP contribution is 2.19. The Balaban J connectivity index is 2.62. The van der Waals surface area contributed by atoms with Crippen LogP contribution in [0.15, 0.2) is 30.6 Å². The Kier molecular flexibility index (Phi) is 2.85. The molecule has 16 heavy (non-hydrogen) atoms. The van der Waals surface area contributed by atoms with Crippen LogP contribution >= 0.6 is 23.2 Å². The lowest BCUT2D eigenvalue weighted by Crippen LogP contribution is -2.31. The van der Waals surface area contributed by atoms with E-state index in [0.717, 1.165) is 6.20 Å². The van der Waals surface area contributed by atoms with Crippen molar-refractivity contribution < 1.29 is 9.46 Å². The van der Waals surface area contributed by atoms with Crippen LogP contribution in [0.25, 0.3) is 11.3 Å². The average Bonchev–Trinajstić information content (AvgIpc) is 2.20. The van der Waals surface area contributed by atoms with Gasteiger partial charge in [-0.25, -0.2) is 0 Å². The van der Waals surface area contributed by atoms with Crippen molar-refractivity contribution in [2.45, 2.75) is 0 Å². The minimum Gasteiger partial charge on any atom is -0.618 e. The van der Waals surface area contributed by atoms with Gasteiger partial charge in [-0.3, -0.25) is 0 Å². The number of pyridine rings is 2. The van der Waals surface area contributed by atoms with E-state index in [1.165, 1.54) is 24.4 Å². The van der Waals surface area contributed by atoms with Gasteiger partial charge in [0.2, 0.25) is 5.69 Å². The summed E-state index contributed by atoms with van der Waals surface area (Å²) in [6, 6.07) is 4.36. The molecular weight excluding hydrogens is 251 g/mol.